The molecular formula is C16H23NO9P2. The summed E-state index contributed by atoms with van der Waals surface area (Å²) >= 11 is 0. The Morgan fingerprint density at radius 2 is 1.39 bits per heavy atom. The van der Waals surface area contributed by atoms with E-state index >= 15 is 0 Å². The normalized spacial score (nSPS) is 20.4. The second kappa shape index (κ2) is 8.55. The Morgan fingerprint density at radius 3 is 1.82 bits per heavy atom. The number of carbonyl (C=O) groups is 2. The Labute approximate surface area is 162 Å². The Hall–Kier alpha value is -1.38. The summed E-state index contributed by atoms with van der Waals surface area (Å²) in [7, 11) is -8.05. The molecule has 0 bridgehead atoms. The zero-order chi connectivity index (χ0) is 21.2. The minimum atomic E-state index is -4.86. The van der Waals surface area contributed by atoms with Gasteiger partial charge in [0.1, 0.15) is 0 Å². The lowest BCUT2D eigenvalue weighted by atomic mass is 10.1. The summed E-state index contributed by atoms with van der Waals surface area (Å²) in [5.74, 6) is -0.786. The Bertz CT molecular complexity index is 797. The molecule has 1 aromatic rings. The van der Waals surface area contributed by atoms with Gasteiger partial charge in [0.15, 0.2) is 0 Å². The van der Waals surface area contributed by atoms with Crippen LogP contribution in [0.15, 0.2) is 24.3 Å². The van der Waals surface area contributed by atoms with Gasteiger partial charge >= 0.3 is 15.2 Å². The molecule has 2 rings (SSSR count). The Kier molecular flexibility index (Phi) is 6.99. The van der Waals surface area contributed by atoms with Gasteiger partial charge in [0, 0.05) is 20.8 Å². The molecule has 12 heteroatoms. The smallest absolute Gasteiger partial charge is 0.368 e. The summed E-state index contributed by atoms with van der Waals surface area (Å²) in [6, 6.07) is 6.48. The molecule has 3 N–H and O–H groups in total. The van der Waals surface area contributed by atoms with Crippen molar-refractivity contribution in [1.82, 2.24) is 4.90 Å². The van der Waals surface area contributed by atoms with Crippen molar-refractivity contribution in [3.05, 3.63) is 35.4 Å². The molecule has 28 heavy (non-hydrogen) atoms. The van der Waals surface area contributed by atoms with Crippen molar-refractivity contribution >= 4 is 27.0 Å². The number of hydrogen-bond acceptors (Lipinski definition) is 7. The first kappa shape index (κ1) is 22.9. The Morgan fingerprint density at radius 1 is 0.929 bits per heavy atom. The largest absolute Gasteiger partial charge is 0.371 e. The molecule has 2 unspecified atom stereocenters. The number of imide groups is 1. The number of rotatable bonds is 10. The van der Waals surface area contributed by atoms with Crippen LogP contribution in [0.25, 0.3) is 0 Å². The van der Waals surface area contributed by atoms with Crippen LogP contribution in [0.1, 0.15) is 46.4 Å². The number of benzene rings is 1. The van der Waals surface area contributed by atoms with Gasteiger partial charge in [-0.15, -0.1) is 0 Å². The zero-order valence-electron chi connectivity index (χ0n) is 15.5. The van der Waals surface area contributed by atoms with Crippen LogP contribution in [-0.2, 0) is 18.2 Å². The molecule has 1 aliphatic rings. The lowest BCUT2D eigenvalue weighted by Crippen LogP contribution is -2.31. The van der Waals surface area contributed by atoms with Gasteiger partial charge in [0.05, 0.1) is 11.1 Å². The first-order chi connectivity index (χ1) is 13.0. The topological polar surface area (TPSA) is 151 Å². The molecule has 0 radical (unpaired) electrons. The number of hydrogen-bond donors (Lipinski definition) is 3. The van der Waals surface area contributed by atoms with Gasteiger partial charge in [0.25, 0.3) is 16.9 Å². The predicted molar refractivity (Wildman–Crippen MR) is 98.9 cm³/mol. The van der Waals surface area contributed by atoms with E-state index in [9.17, 15) is 33.6 Å². The van der Waals surface area contributed by atoms with Gasteiger partial charge in [0.2, 0.25) is 0 Å². The van der Waals surface area contributed by atoms with Gasteiger partial charge in [-0.3, -0.25) is 23.6 Å². The van der Waals surface area contributed by atoms with E-state index in [0.717, 1.165) is 19.1 Å². The van der Waals surface area contributed by atoms with Crippen LogP contribution in [0, 0.1) is 0 Å². The number of aliphatic hydroxyl groups is 1. The molecule has 1 heterocycles. The van der Waals surface area contributed by atoms with E-state index in [-0.39, 0.29) is 13.0 Å². The van der Waals surface area contributed by atoms with Crippen LogP contribution < -0.4 is 0 Å². The van der Waals surface area contributed by atoms with Crippen molar-refractivity contribution in [1.29, 1.82) is 0 Å². The van der Waals surface area contributed by atoms with E-state index in [4.69, 9.17) is 0 Å². The second-order valence-corrected chi connectivity index (χ2v) is 10.9. The summed E-state index contributed by atoms with van der Waals surface area (Å²) in [6.45, 7) is 0.118. The molecule has 1 aromatic carbocycles. The molecule has 156 valence electrons. The number of fused-ring (bicyclic) bond motifs is 1. The molecule has 0 fully saturated rings. The fraction of sp³-hybridized carbons (Fsp3) is 0.500. The van der Waals surface area contributed by atoms with E-state index in [1.807, 2.05) is 0 Å². The van der Waals surface area contributed by atoms with Crippen LogP contribution in [-0.4, -0.2) is 57.5 Å². The third kappa shape index (κ3) is 4.00. The van der Waals surface area contributed by atoms with Gasteiger partial charge < -0.3 is 23.9 Å². The summed E-state index contributed by atoms with van der Waals surface area (Å²) < 4.78 is 32.8. The Balaban J connectivity index is 1.95. The molecule has 2 atom stereocenters. The molecule has 0 saturated carbocycles. The number of carbonyl (C=O) groups excluding carboxylic acids is 2. The second-order valence-electron chi connectivity index (χ2n) is 6.30. The van der Waals surface area contributed by atoms with Gasteiger partial charge in [-0.05, 0) is 31.4 Å². The highest BCUT2D eigenvalue weighted by molar-refractivity contribution is 7.72. The SMILES string of the molecule is COP(=O)(O)C(O)(CCCCCN1C(=O)c2ccccc2C1=O)P(=O)(O)OC. The van der Waals surface area contributed by atoms with E-state index < -0.39 is 38.5 Å². The third-order valence-electron chi connectivity index (χ3n) is 4.67. The van der Waals surface area contributed by atoms with Crippen LogP contribution in [0.2, 0.25) is 0 Å². The van der Waals surface area contributed by atoms with Crippen LogP contribution in [0.5, 0.6) is 0 Å². The van der Waals surface area contributed by atoms with E-state index in [2.05, 4.69) is 9.05 Å². The summed E-state index contributed by atoms with van der Waals surface area (Å²) in [5.41, 5.74) is 0.675. The highest BCUT2D eigenvalue weighted by Crippen LogP contribution is 2.73. The summed E-state index contributed by atoms with van der Waals surface area (Å²) in [6.07, 6.45) is 0.163. The lowest BCUT2D eigenvalue weighted by molar-refractivity contribution is 0.0650. The zero-order valence-corrected chi connectivity index (χ0v) is 17.3. The monoisotopic (exact) mass is 435 g/mol. The molecule has 1 aliphatic heterocycles. The van der Waals surface area contributed by atoms with Gasteiger partial charge in [-0.1, -0.05) is 18.6 Å². The van der Waals surface area contributed by atoms with Crippen molar-refractivity contribution in [2.24, 2.45) is 0 Å². The molecule has 0 saturated heterocycles. The average molecular weight is 435 g/mol. The maximum Gasteiger partial charge on any atom is 0.371 e. The molecule has 2 amide bonds. The molecule has 0 aromatic heterocycles. The molecule has 10 nitrogen and oxygen atoms in total. The highest BCUT2D eigenvalue weighted by Gasteiger charge is 2.60. The van der Waals surface area contributed by atoms with E-state index in [1.165, 1.54) is 0 Å². The van der Waals surface area contributed by atoms with Crippen molar-refractivity contribution < 1.29 is 42.7 Å². The minimum absolute atomic E-state index is 0.0570. The first-order valence-corrected chi connectivity index (χ1v) is 11.6. The summed E-state index contributed by atoms with van der Waals surface area (Å²) in [5, 5.41) is 7.41. The molecule has 0 spiro atoms. The lowest BCUT2D eigenvalue weighted by Gasteiger charge is -2.32. The van der Waals surface area contributed by atoms with E-state index in [0.29, 0.717) is 24.0 Å². The standard InChI is InChI=1S/C16H23NO9P2/c1-25-27(21,22)16(20,28(23,24)26-2)10-6-3-7-11-17-14(18)12-8-4-5-9-13(12)15(17)19/h4-5,8-9,20H,3,6-7,10-11H2,1-2H3,(H,21,22)(H,23,24). The predicted octanol–water partition coefficient (Wildman–Crippen LogP) is 2.15. The highest BCUT2D eigenvalue weighted by atomic mass is 31.2. The van der Waals surface area contributed by atoms with Crippen molar-refractivity contribution in [2.75, 3.05) is 20.8 Å². The number of unbranched alkanes of at least 4 members (excludes halogenated alkanes) is 2. The third-order valence-corrected chi connectivity index (χ3v) is 9.44. The number of nitrogens with zero attached hydrogens (tertiary/aromatic N) is 1. The van der Waals surface area contributed by atoms with Crippen molar-refractivity contribution in [3.63, 3.8) is 0 Å². The van der Waals surface area contributed by atoms with Crippen LogP contribution >= 0.6 is 15.2 Å². The van der Waals surface area contributed by atoms with Crippen LogP contribution in [0.4, 0.5) is 0 Å². The first-order valence-electron chi connectivity index (χ1n) is 8.47. The number of amides is 2. The quantitative estimate of drug-likeness (QED) is 0.285. The molecular weight excluding hydrogens is 412 g/mol. The van der Waals surface area contributed by atoms with Crippen LogP contribution in [0.3, 0.4) is 0 Å². The maximum atomic E-state index is 12.3. The van der Waals surface area contributed by atoms with Gasteiger partial charge in [-0.2, -0.15) is 0 Å². The van der Waals surface area contributed by atoms with E-state index in [1.54, 1.807) is 24.3 Å². The molecule has 0 aliphatic carbocycles. The van der Waals surface area contributed by atoms with Crippen molar-refractivity contribution in [3.8, 4) is 0 Å². The van der Waals surface area contributed by atoms with Crippen molar-refractivity contribution in [2.45, 2.75) is 30.8 Å². The average Bonchev–Trinajstić information content (AvgIpc) is 2.92. The fourth-order valence-corrected chi connectivity index (χ4v) is 6.22. The van der Waals surface area contributed by atoms with Gasteiger partial charge in [-0.25, -0.2) is 0 Å². The summed E-state index contributed by atoms with van der Waals surface area (Å²) in [4.78, 5) is 45.2. The minimum Gasteiger partial charge on any atom is -0.368 e. The maximum absolute atomic E-state index is 12.3. The fourth-order valence-electron chi connectivity index (χ4n) is 2.99.